The molecule has 31 heavy (non-hydrogen) atoms. The fourth-order valence-electron chi connectivity index (χ4n) is 2.89. The average molecular weight is 462 g/mol. The minimum Gasteiger partial charge on any atom is -0.465 e. The fraction of sp³-hybridized carbons (Fsp3) is 0.409. The quantitative estimate of drug-likeness (QED) is 0.479. The number of ether oxygens (including phenoxy) is 2. The van der Waals surface area contributed by atoms with Crippen molar-refractivity contribution < 1.29 is 18.5 Å². The Bertz CT molecular complexity index is 983. The zero-order valence-corrected chi connectivity index (χ0v) is 19.8. The number of carbonyl (C=O) groups is 1. The standard InChI is InChI=1S/C22H27N3O4S2/c1-22(2,3)31(27)24-15-17-19(9-10-23-20(17)25-11-13-29-14-12-25)30-18-8-6-5-7-16(18)21(26)28-4/h5-10,15H,11-14H2,1-4H3/b24-15+. The van der Waals surface area contributed by atoms with Gasteiger partial charge in [-0.1, -0.05) is 23.9 Å². The van der Waals surface area contributed by atoms with Crippen molar-refractivity contribution in [2.24, 2.45) is 4.40 Å². The summed E-state index contributed by atoms with van der Waals surface area (Å²) < 4.78 is 26.8. The highest BCUT2D eigenvalue weighted by Crippen LogP contribution is 2.35. The maximum Gasteiger partial charge on any atom is 0.339 e. The zero-order valence-electron chi connectivity index (χ0n) is 18.2. The third kappa shape index (κ3) is 5.93. The Morgan fingerprint density at radius 2 is 1.94 bits per heavy atom. The summed E-state index contributed by atoms with van der Waals surface area (Å²) in [7, 11) is -0.0361. The van der Waals surface area contributed by atoms with Gasteiger partial charge in [-0.15, -0.1) is 0 Å². The first kappa shape index (κ1) is 23.4. The van der Waals surface area contributed by atoms with E-state index in [1.807, 2.05) is 39.0 Å². The lowest BCUT2D eigenvalue weighted by molar-refractivity contribution is 0.0597. The van der Waals surface area contributed by atoms with Crippen LogP contribution in [0, 0.1) is 0 Å². The summed E-state index contributed by atoms with van der Waals surface area (Å²) >= 11 is 1.43. The third-order valence-electron chi connectivity index (χ3n) is 4.55. The van der Waals surface area contributed by atoms with E-state index in [2.05, 4.69) is 14.3 Å². The van der Waals surface area contributed by atoms with Crippen molar-refractivity contribution in [2.75, 3.05) is 38.3 Å². The molecule has 0 amide bonds. The van der Waals surface area contributed by atoms with E-state index in [1.54, 1.807) is 24.5 Å². The lowest BCUT2D eigenvalue weighted by Crippen LogP contribution is -2.37. The maximum absolute atomic E-state index is 12.6. The highest BCUT2D eigenvalue weighted by atomic mass is 32.2. The van der Waals surface area contributed by atoms with Gasteiger partial charge in [-0.2, -0.15) is 4.40 Å². The van der Waals surface area contributed by atoms with Crippen LogP contribution in [0.3, 0.4) is 0 Å². The van der Waals surface area contributed by atoms with E-state index in [-0.39, 0.29) is 0 Å². The number of esters is 1. The van der Waals surface area contributed by atoms with Crippen LogP contribution in [0.15, 0.2) is 50.7 Å². The molecule has 3 rings (SSSR count). The number of rotatable bonds is 6. The normalized spacial score (nSPS) is 15.8. The average Bonchev–Trinajstić information content (AvgIpc) is 2.77. The van der Waals surface area contributed by atoms with Crippen LogP contribution < -0.4 is 4.90 Å². The molecule has 0 radical (unpaired) electrons. The second-order valence-electron chi connectivity index (χ2n) is 7.83. The van der Waals surface area contributed by atoms with Gasteiger partial charge in [-0.05, 0) is 39.0 Å². The van der Waals surface area contributed by atoms with Gasteiger partial charge >= 0.3 is 5.97 Å². The molecule has 0 spiro atoms. The molecule has 1 atom stereocenters. The highest BCUT2D eigenvalue weighted by Gasteiger charge is 2.22. The first-order valence-corrected chi connectivity index (χ1v) is 11.9. The van der Waals surface area contributed by atoms with E-state index in [0.717, 1.165) is 21.2 Å². The van der Waals surface area contributed by atoms with E-state index in [0.29, 0.717) is 31.9 Å². The predicted octanol–water partition coefficient (Wildman–Crippen LogP) is 3.74. The molecule has 0 saturated carbocycles. The lowest BCUT2D eigenvalue weighted by Gasteiger charge is -2.29. The number of aromatic nitrogens is 1. The molecule has 1 fully saturated rings. The minimum absolute atomic E-state index is 0.394. The molecule has 1 unspecified atom stereocenters. The van der Waals surface area contributed by atoms with Crippen molar-refractivity contribution >= 4 is 40.7 Å². The first-order valence-electron chi connectivity index (χ1n) is 9.94. The molecule has 2 heterocycles. The third-order valence-corrected chi connectivity index (χ3v) is 7.05. The van der Waals surface area contributed by atoms with Gasteiger partial charge in [0, 0.05) is 35.3 Å². The first-order chi connectivity index (χ1) is 14.8. The van der Waals surface area contributed by atoms with E-state index >= 15 is 0 Å². The van der Waals surface area contributed by atoms with Crippen molar-refractivity contribution in [3.05, 3.63) is 47.7 Å². The maximum atomic E-state index is 12.6. The van der Waals surface area contributed by atoms with Gasteiger partial charge in [0.25, 0.3) is 0 Å². The number of morpholine rings is 1. The lowest BCUT2D eigenvalue weighted by atomic mass is 10.2. The van der Waals surface area contributed by atoms with E-state index < -0.39 is 21.7 Å². The van der Waals surface area contributed by atoms with E-state index in [4.69, 9.17) is 9.47 Å². The molecule has 2 aromatic rings. The van der Waals surface area contributed by atoms with Gasteiger partial charge in [0.2, 0.25) is 0 Å². The predicted molar refractivity (Wildman–Crippen MR) is 125 cm³/mol. The Balaban J connectivity index is 2.05. The highest BCUT2D eigenvalue weighted by molar-refractivity contribution is 7.99. The number of hydrogen-bond donors (Lipinski definition) is 0. The van der Waals surface area contributed by atoms with Crippen molar-refractivity contribution in [1.29, 1.82) is 0 Å². The SMILES string of the molecule is COC(=O)c1ccccc1Sc1ccnc(N2CCOCC2)c1/C=N/S(=O)C(C)(C)C. The Hall–Kier alpha value is -2.23. The van der Waals surface area contributed by atoms with Crippen molar-refractivity contribution in [1.82, 2.24) is 4.98 Å². The summed E-state index contributed by atoms with van der Waals surface area (Å²) in [6.45, 7) is 8.31. The van der Waals surface area contributed by atoms with Gasteiger partial charge in [0.05, 0.1) is 36.2 Å². The van der Waals surface area contributed by atoms with Crippen LogP contribution in [-0.2, 0) is 20.5 Å². The summed E-state index contributed by atoms with van der Waals surface area (Å²) in [6.07, 6.45) is 3.38. The molecule has 0 N–H and O–H groups in total. The fourth-order valence-corrected chi connectivity index (χ4v) is 4.44. The van der Waals surface area contributed by atoms with Crippen molar-refractivity contribution in [3.63, 3.8) is 0 Å². The van der Waals surface area contributed by atoms with Crippen LogP contribution in [0.4, 0.5) is 5.82 Å². The Morgan fingerprint density at radius 3 is 2.61 bits per heavy atom. The number of methoxy groups -OCH3 is 1. The second kappa shape index (κ2) is 10.4. The number of carbonyl (C=O) groups excluding carboxylic acids is 1. The van der Waals surface area contributed by atoms with Crippen LogP contribution in [0.1, 0.15) is 36.7 Å². The molecule has 1 aromatic carbocycles. The summed E-state index contributed by atoms with van der Waals surface area (Å²) in [5.74, 6) is 0.369. The minimum atomic E-state index is -1.40. The van der Waals surface area contributed by atoms with Gasteiger partial charge < -0.3 is 14.4 Å². The molecule has 1 aliphatic rings. The number of benzene rings is 1. The largest absolute Gasteiger partial charge is 0.465 e. The van der Waals surface area contributed by atoms with Crippen LogP contribution in [-0.4, -0.2) is 59.5 Å². The molecular weight excluding hydrogens is 434 g/mol. The molecule has 1 aliphatic heterocycles. The van der Waals surface area contributed by atoms with Gasteiger partial charge in [-0.3, -0.25) is 0 Å². The van der Waals surface area contributed by atoms with Crippen LogP contribution in [0.25, 0.3) is 0 Å². The topological polar surface area (TPSA) is 81.1 Å². The molecule has 9 heteroatoms. The van der Waals surface area contributed by atoms with Crippen LogP contribution >= 0.6 is 11.8 Å². The molecule has 0 bridgehead atoms. The summed E-state index contributed by atoms with van der Waals surface area (Å²) in [4.78, 5) is 20.6. The van der Waals surface area contributed by atoms with E-state index in [9.17, 15) is 9.00 Å². The molecule has 7 nitrogen and oxygen atoms in total. The van der Waals surface area contributed by atoms with Crippen LogP contribution in [0.2, 0.25) is 0 Å². The number of anilines is 1. The second-order valence-corrected chi connectivity index (χ2v) is 10.8. The summed E-state index contributed by atoms with van der Waals surface area (Å²) in [5.41, 5.74) is 1.26. The molecule has 1 aromatic heterocycles. The number of hydrogen-bond acceptors (Lipinski definition) is 7. The monoisotopic (exact) mass is 461 g/mol. The molecular formula is C22H27N3O4S2. The Morgan fingerprint density at radius 1 is 1.23 bits per heavy atom. The molecule has 1 saturated heterocycles. The van der Waals surface area contributed by atoms with E-state index in [1.165, 1.54) is 18.9 Å². The molecule has 0 aliphatic carbocycles. The van der Waals surface area contributed by atoms with Crippen molar-refractivity contribution in [3.8, 4) is 0 Å². The van der Waals surface area contributed by atoms with Gasteiger partial charge in [-0.25, -0.2) is 14.0 Å². The Kier molecular flexibility index (Phi) is 7.85. The number of nitrogens with zero attached hydrogens (tertiary/aromatic N) is 3. The van der Waals surface area contributed by atoms with Crippen LogP contribution in [0.5, 0.6) is 0 Å². The Labute approximate surface area is 189 Å². The van der Waals surface area contributed by atoms with Gasteiger partial charge in [0.1, 0.15) is 16.8 Å². The van der Waals surface area contributed by atoms with Gasteiger partial charge in [0.15, 0.2) is 0 Å². The summed E-state index contributed by atoms with van der Waals surface area (Å²) in [6, 6.07) is 9.17. The smallest absolute Gasteiger partial charge is 0.339 e. The molecule has 166 valence electrons. The zero-order chi connectivity index (χ0) is 22.4. The number of pyridine rings is 1. The van der Waals surface area contributed by atoms with Crippen molar-refractivity contribution in [2.45, 2.75) is 35.3 Å². The summed E-state index contributed by atoms with van der Waals surface area (Å²) in [5, 5.41) is 0.